The van der Waals surface area contributed by atoms with Gasteiger partial charge in [0, 0.05) is 70.2 Å². The van der Waals surface area contributed by atoms with Crippen LogP contribution < -0.4 is 11.5 Å². The van der Waals surface area contributed by atoms with E-state index in [0.717, 1.165) is 107 Å². The minimum atomic E-state index is -0.147. The van der Waals surface area contributed by atoms with Gasteiger partial charge in [-0.25, -0.2) is 9.69 Å². The van der Waals surface area contributed by atoms with Crippen LogP contribution in [0.4, 0.5) is 22.7 Å². The Morgan fingerprint density at radius 2 is 1.07 bits per heavy atom. The highest BCUT2D eigenvalue weighted by Gasteiger charge is 2.32. The van der Waals surface area contributed by atoms with Crippen LogP contribution in [0.15, 0.2) is 61.4 Å². The second-order valence-corrected chi connectivity index (χ2v) is 16.5. The maximum absolute atomic E-state index is 12.1. The first-order valence-corrected chi connectivity index (χ1v) is 20.6. The molecule has 2 aliphatic rings. The lowest BCUT2D eigenvalue weighted by atomic mass is 9.85. The quantitative estimate of drug-likeness (QED) is 0.124. The number of nitrogens with zero attached hydrogens (tertiary/aromatic N) is 6. The van der Waals surface area contributed by atoms with Crippen LogP contribution in [-0.2, 0) is 19.1 Å². The Kier molecular flexibility index (Phi) is 12.4. The van der Waals surface area contributed by atoms with Crippen LogP contribution >= 0.6 is 23.2 Å². The highest BCUT2D eigenvalue weighted by atomic mass is 35.5. The highest BCUT2D eigenvalue weighted by Crippen LogP contribution is 2.45. The van der Waals surface area contributed by atoms with Crippen molar-refractivity contribution in [2.75, 3.05) is 25.7 Å². The van der Waals surface area contributed by atoms with E-state index in [4.69, 9.17) is 57.3 Å². The lowest BCUT2D eigenvalue weighted by molar-refractivity contribution is -0.147. The Labute approximate surface area is 359 Å². The normalized spacial score (nSPS) is 18.9. The molecule has 2 aliphatic carbocycles. The topological polar surface area (TPSA) is 149 Å². The van der Waals surface area contributed by atoms with Crippen LogP contribution in [0.25, 0.3) is 53.7 Å². The fraction of sp³-hybridized carbons (Fsp3) is 0.348. The molecule has 12 nitrogen and oxygen atoms in total. The Morgan fingerprint density at radius 1 is 0.667 bits per heavy atom. The van der Waals surface area contributed by atoms with Crippen LogP contribution in [-0.4, -0.2) is 45.3 Å². The maximum Gasteiger partial charge on any atom is 0.308 e. The smallest absolute Gasteiger partial charge is 0.308 e. The number of aryl methyl sites for hydroxylation is 2. The summed E-state index contributed by atoms with van der Waals surface area (Å²) in [7, 11) is 2.89. The first-order valence-electron chi connectivity index (χ1n) is 19.9. The molecule has 14 heteroatoms. The van der Waals surface area contributed by atoms with Gasteiger partial charge in [-0.3, -0.25) is 19.6 Å². The van der Waals surface area contributed by atoms with E-state index in [1.165, 1.54) is 26.6 Å². The van der Waals surface area contributed by atoms with Crippen molar-refractivity contribution >= 4 is 79.7 Å². The number of hydrogen-bond acceptors (Lipinski definition) is 8. The summed E-state index contributed by atoms with van der Waals surface area (Å²) in [6, 6.07) is 8.21. The minimum Gasteiger partial charge on any atom is -0.469 e. The summed E-state index contributed by atoms with van der Waals surface area (Å²) >= 11 is 13.0. The van der Waals surface area contributed by atoms with Crippen molar-refractivity contribution in [3.05, 3.63) is 105 Å². The molecule has 0 spiro atoms. The van der Waals surface area contributed by atoms with Crippen LogP contribution in [0.5, 0.6) is 0 Å². The number of esters is 2. The monoisotopic (exact) mass is 844 g/mol. The van der Waals surface area contributed by atoms with Crippen LogP contribution in [0, 0.1) is 38.8 Å². The van der Waals surface area contributed by atoms with E-state index in [2.05, 4.69) is 41.2 Å². The number of fused-ring (bicyclic) bond motifs is 2. The first kappa shape index (κ1) is 42.1. The van der Waals surface area contributed by atoms with E-state index in [0.29, 0.717) is 32.8 Å². The van der Waals surface area contributed by atoms with Crippen molar-refractivity contribution in [3.8, 4) is 22.3 Å². The molecule has 4 aromatic heterocycles. The van der Waals surface area contributed by atoms with E-state index in [-0.39, 0.29) is 35.9 Å². The molecule has 308 valence electrons. The fourth-order valence-electron chi connectivity index (χ4n) is 8.94. The second-order valence-electron chi connectivity index (χ2n) is 15.7. The first-order chi connectivity index (χ1) is 28.9. The van der Waals surface area contributed by atoms with Crippen molar-refractivity contribution in [1.82, 2.24) is 19.1 Å². The molecule has 2 aromatic carbocycles. The number of anilines is 2. The number of benzene rings is 2. The van der Waals surface area contributed by atoms with Gasteiger partial charge in [0.1, 0.15) is 0 Å². The fourth-order valence-corrected chi connectivity index (χ4v) is 9.34. The number of carbonyl (C=O) groups excluding carboxylic acids is 2. The summed E-state index contributed by atoms with van der Waals surface area (Å²) in [4.78, 5) is 40.1. The van der Waals surface area contributed by atoms with E-state index in [9.17, 15) is 9.59 Å². The van der Waals surface area contributed by atoms with Crippen molar-refractivity contribution in [1.29, 1.82) is 0 Å². The summed E-state index contributed by atoms with van der Waals surface area (Å²) in [5, 5.41) is 2.76. The summed E-state index contributed by atoms with van der Waals surface area (Å²) in [6.07, 6.45) is 17.6. The molecule has 0 saturated heterocycles. The molecule has 8 rings (SSSR count). The molecular weight excluding hydrogens is 799 g/mol. The molecule has 4 unspecified atom stereocenters. The standard InChI is InChI=1S/2C23H23ClN4O2/c2*1-13-7-21-16(9-20(13)26-2)18(17-10-27-11-19(25)22(17)24)12-28(21)15-6-4-5-14(8-15)23(29)30-3/h2*7,9-12,14-15H,4-6,8,25H2,1,3H3. The lowest BCUT2D eigenvalue weighted by Gasteiger charge is -2.29. The molecule has 0 amide bonds. The van der Waals surface area contributed by atoms with Crippen molar-refractivity contribution in [2.24, 2.45) is 11.8 Å². The Balaban J connectivity index is 0.000000181. The Bertz CT molecular complexity index is 2540. The van der Waals surface area contributed by atoms with Crippen molar-refractivity contribution in [2.45, 2.75) is 77.3 Å². The van der Waals surface area contributed by atoms with Gasteiger partial charge in [0.05, 0.1) is 73.0 Å². The zero-order chi connectivity index (χ0) is 42.8. The molecule has 60 heavy (non-hydrogen) atoms. The highest BCUT2D eigenvalue weighted by molar-refractivity contribution is 6.36. The van der Waals surface area contributed by atoms with Gasteiger partial charge in [0.2, 0.25) is 0 Å². The number of nitrogens with two attached hydrogens (primary N) is 2. The number of aromatic nitrogens is 4. The summed E-state index contributed by atoms with van der Waals surface area (Å²) in [6.45, 7) is 18.9. The molecule has 2 fully saturated rings. The van der Waals surface area contributed by atoms with Crippen molar-refractivity contribution in [3.63, 3.8) is 0 Å². The average molecular weight is 846 g/mol. The van der Waals surface area contributed by atoms with Gasteiger partial charge in [0.15, 0.2) is 11.4 Å². The zero-order valence-corrected chi connectivity index (χ0v) is 35.5. The van der Waals surface area contributed by atoms with E-state index in [1.54, 1.807) is 12.4 Å². The van der Waals surface area contributed by atoms with Gasteiger partial charge in [-0.05, 0) is 98.5 Å². The number of hydrogen-bond donors (Lipinski definition) is 2. The predicted molar refractivity (Wildman–Crippen MR) is 237 cm³/mol. The van der Waals surface area contributed by atoms with Crippen LogP contribution in [0.2, 0.25) is 10.0 Å². The molecule has 4 heterocycles. The molecule has 2 saturated carbocycles. The molecule has 0 radical (unpaired) electrons. The number of carbonyl (C=O) groups is 2. The van der Waals surface area contributed by atoms with E-state index >= 15 is 0 Å². The maximum atomic E-state index is 12.1. The van der Waals surface area contributed by atoms with Gasteiger partial charge in [-0.2, -0.15) is 0 Å². The van der Waals surface area contributed by atoms with Gasteiger partial charge < -0.3 is 30.1 Å². The lowest BCUT2D eigenvalue weighted by Crippen LogP contribution is -2.25. The van der Waals surface area contributed by atoms with Gasteiger partial charge in [-0.15, -0.1) is 0 Å². The predicted octanol–water partition coefficient (Wildman–Crippen LogP) is 11.4. The molecule has 6 aromatic rings. The number of rotatable bonds is 6. The van der Waals surface area contributed by atoms with Crippen LogP contribution in [0.1, 0.15) is 74.6 Å². The third kappa shape index (κ3) is 7.98. The van der Waals surface area contributed by atoms with E-state index < -0.39 is 0 Å². The van der Waals surface area contributed by atoms with Gasteiger partial charge >= 0.3 is 11.9 Å². The molecule has 4 N–H and O–H groups in total. The Morgan fingerprint density at radius 3 is 1.43 bits per heavy atom. The zero-order valence-electron chi connectivity index (χ0n) is 34.0. The minimum absolute atomic E-state index is 0.101. The summed E-state index contributed by atoms with van der Waals surface area (Å²) in [5.41, 5.74) is 21.1. The SMILES string of the molecule is [C-]#[N+]c1cc2c(-c3cncc(N)c3Cl)cn(C3CCCC(C(=O)OC)C3)c2cc1C.[C-]#[N+]c1cc2c(-c3cncc(N)c3Cl)cn(C3CCCC(C(=O)OC)C3)c2cc1C. The third-order valence-corrected chi connectivity index (χ3v) is 12.9. The molecule has 0 aliphatic heterocycles. The molecular formula is C46H46Cl2N8O4. The number of nitrogen functional groups attached to an aromatic ring is 2. The Hall–Kier alpha value is -6.08. The third-order valence-electron chi connectivity index (χ3n) is 12.1. The number of pyridine rings is 2. The summed E-state index contributed by atoms with van der Waals surface area (Å²) < 4.78 is 14.4. The van der Waals surface area contributed by atoms with Crippen molar-refractivity contribution < 1.29 is 19.1 Å². The van der Waals surface area contributed by atoms with E-state index in [1.807, 2.05) is 38.1 Å². The number of halogens is 2. The second kappa shape index (κ2) is 17.6. The largest absolute Gasteiger partial charge is 0.469 e. The molecule has 4 atom stereocenters. The number of ether oxygens (including phenoxy) is 2. The van der Waals surface area contributed by atoms with Gasteiger partial charge in [0.25, 0.3) is 0 Å². The summed E-state index contributed by atoms with van der Waals surface area (Å²) in [5.74, 6) is -0.497. The molecule has 0 bridgehead atoms. The van der Waals surface area contributed by atoms with Crippen LogP contribution in [0.3, 0.4) is 0 Å². The van der Waals surface area contributed by atoms with Gasteiger partial charge in [-0.1, -0.05) is 36.0 Å². The number of methoxy groups -OCH3 is 2. The average Bonchev–Trinajstić information content (AvgIpc) is 3.82.